The van der Waals surface area contributed by atoms with E-state index in [1.165, 1.54) is 0 Å². The van der Waals surface area contributed by atoms with Crippen molar-refractivity contribution in [3.8, 4) is 0 Å². The van der Waals surface area contributed by atoms with E-state index in [2.05, 4.69) is 5.32 Å². The second-order valence-electron chi connectivity index (χ2n) is 4.48. The summed E-state index contributed by atoms with van der Waals surface area (Å²) in [6.45, 7) is 2.41. The van der Waals surface area contributed by atoms with Crippen LogP contribution in [0.25, 0.3) is 0 Å². The van der Waals surface area contributed by atoms with Crippen LogP contribution < -0.4 is 11.1 Å². The van der Waals surface area contributed by atoms with Crippen molar-refractivity contribution in [2.75, 3.05) is 11.9 Å². The maximum absolute atomic E-state index is 13.2. The standard InChI is InChI=1S/C12H16FN3O3/c1-2-19-11-6-8(14)12(11)15-9-5-7(13)3-4-10(9)16(17)18/h3-5,8,11-12,15H,2,6,14H2,1H3. The zero-order valence-corrected chi connectivity index (χ0v) is 10.5. The molecular formula is C12H16FN3O3. The van der Waals surface area contributed by atoms with Crippen LogP contribution in [0.4, 0.5) is 15.8 Å². The van der Waals surface area contributed by atoms with Gasteiger partial charge in [-0.25, -0.2) is 4.39 Å². The molecule has 3 N–H and O–H groups in total. The molecule has 0 radical (unpaired) electrons. The highest BCUT2D eigenvalue weighted by atomic mass is 19.1. The number of anilines is 1. The number of nitro groups is 1. The van der Waals surface area contributed by atoms with Crippen LogP contribution in [0.5, 0.6) is 0 Å². The van der Waals surface area contributed by atoms with Crippen molar-refractivity contribution in [2.45, 2.75) is 31.5 Å². The van der Waals surface area contributed by atoms with Crippen molar-refractivity contribution < 1.29 is 14.1 Å². The molecule has 0 amide bonds. The summed E-state index contributed by atoms with van der Waals surface area (Å²) in [7, 11) is 0. The van der Waals surface area contributed by atoms with Crippen LogP contribution in [-0.2, 0) is 4.74 Å². The first-order chi connectivity index (χ1) is 9.02. The van der Waals surface area contributed by atoms with Gasteiger partial charge < -0.3 is 15.8 Å². The van der Waals surface area contributed by atoms with Crippen LogP contribution in [0.1, 0.15) is 13.3 Å². The highest BCUT2D eigenvalue weighted by molar-refractivity contribution is 5.62. The van der Waals surface area contributed by atoms with E-state index in [0.717, 1.165) is 18.2 Å². The number of nitro benzene ring substituents is 1. The van der Waals surface area contributed by atoms with Crippen LogP contribution in [-0.4, -0.2) is 29.7 Å². The molecule has 6 nitrogen and oxygen atoms in total. The van der Waals surface area contributed by atoms with Crippen LogP contribution in [0.3, 0.4) is 0 Å². The van der Waals surface area contributed by atoms with Crippen LogP contribution in [0, 0.1) is 15.9 Å². The minimum absolute atomic E-state index is 0.0946. The van der Waals surface area contributed by atoms with E-state index in [1.54, 1.807) is 0 Å². The summed E-state index contributed by atoms with van der Waals surface area (Å²) in [6.07, 6.45) is 0.595. The van der Waals surface area contributed by atoms with Crippen molar-refractivity contribution >= 4 is 11.4 Å². The number of ether oxygens (including phenoxy) is 1. The summed E-state index contributed by atoms with van der Waals surface area (Å²) in [5.41, 5.74) is 5.81. The van der Waals surface area contributed by atoms with Gasteiger partial charge in [0.1, 0.15) is 11.5 Å². The van der Waals surface area contributed by atoms with E-state index in [0.29, 0.717) is 13.0 Å². The normalized spacial score (nSPS) is 25.7. The molecule has 1 aromatic rings. The predicted molar refractivity (Wildman–Crippen MR) is 68.5 cm³/mol. The van der Waals surface area contributed by atoms with Gasteiger partial charge in [0.05, 0.1) is 17.1 Å². The van der Waals surface area contributed by atoms with E-state index in [-0.39, 0.29) is 29.6 Å². The summed E-state index contributed by atoms with van der Waals surface area (Å²) in [4.78, 5) is 10.3. The Morgan fingerprint density at radius 2 is 2.37 bits per heavy atom. The van der Waals surface area contributed by atoms with Gasteiger partial charge in [-0.3, -0.25) is 10.1 Å². The molecule has 0 saturated heterocycles. The zero-order valence-electron chi connectivity index (χ0n) is 10.5. The summed E-state index contributed by atoms with van der Waals surface area (Å²) >= 11 is 0. The zero-order chi connectivity index (χ0) is 14.0. The molecule has 1 aromatic carbocycles. The average molecular weight is 269 g/mol. The fourth-order valence-electron chi connectivity index (χ4n) is 2.19. The van der Waals surface area contributed by atoms with E-state index in [9.17, 15) is 14.5 Å². The van der Waals surface area contributed by atoms with Crippen LogP contribution in [0.2, 0.25) is 0 Å². The minimum atomic E-state index is -0.554. The van der Waals surface area contributed by atoms with Gasteiger partial charge in [0.25, 0.3) is 5.69 Å². The van der Waals surface area contributed by atoms with Crippen molar-refractivity contribution in [3.05, 3.63) is 34.1 Å². The number of hydrogen-bond donors (Lipinski definition) is 2. The first-order valence-electron chi connectivity index (χ1n) is 6.10. The third kappa shape index (κ3) is 2.82. The molecule has 1 aliphatic rings. The van der Waals surface area contributed by atoms with Gasteiger partial charge in [0, 0.05) is 24.8 Å². The molecule has 19 heavy (non-hydrogen) atoms. The smallest absolute Gasteiger partial charge is 0.292 e. The Kier molecular flexibility index (Phi) is 3.96. The molecule has 1 fully saturated rings. The maximum Gasteiger partial charge on any atom is 0.292 e. The maximum atomic E-state index is 13.2. The molecule has 104 valence electrons. The van der Waals surface area contributed by atoms with Crippen molar-refractivity contribution in [1.29, 1.82) is 0 Å². The van der Waals surface area contributed by atoms with Crippen LogP contribution >= 0.6 is 0 Å². The Morgan fingerprint density at radius 3 is 2.95 bits per heavy atom. The molecule has 0 spiro atoms. The van der Waals surface area contributed by atoms with E-state index in [4.69, 9.17) is 10.5 Å². The Hall–Kier alpha value is -1.73. The minimum Gasteiger partial charge on any atom is -0.376 e. The predicted octanol–water partition coefficient (Wildman–Crippen LogP) is 1.65. The second kappa shape index (κ2) is 5.50. The SMILES string of the molecule is CCOC1CC(N)C1Nc1cc(F)ccc1[N+](=O)[O-]. The highest BCUT2D eigenvalue weighted by Gasteiger charge is 2.40. The van der Waals surface area contributed by atoms with Crippen molar-refractivity contribution in [2.24, 2.45) is 5.73 Å². The Labute approximate surface area is 109 Å². The molecule has 1 aliphatic carbocycles. The molecule has 0 aliphatic heterocycles. The third-order valence-electron chi connectivity index (χ3n) is 3.22. The summed E-state index contributed by atoms with van der Waals surface area (Å²) in [6, 6.07) is 2.91. The lowest BCUT2D eigenvalue weighted by Gasteiger charge is -2.42. The lowest BCUT2D eigenvalue weighted by Crippen LogP contribution is -2.60. The van der Waals surface area contributed by atoms with Crippen molar-refractivity contribution in [1.82, 2.24) is 0 Å². The van der Waals surface area contributed by atoms with Gasteiger partial charge in [-0.15, -0.1) is 0 Å². The molecule has 1 saturated carbocycles. The third-order valence-corrected chi connectivity index (χ3v) is 3.22. The summed E-state index contributed by atoms with van der Waals surface area (Å²) in [5.74, 6) is -0.533. The molecule has 3 atom stereocenters. The Morgan fingerprint density at radius 1 is 1.63 bits per heavy atom. The molecule has 3 unspecified atom stereocenters. The van der Waals surface area contributed by atoms with E-state index >= 15 is 0 Å². The number of halogens is 1. The van der Waals surface area contributed by atoms with Crippen molar-refractivity contribution in [3.63, 3.8) is 0 Å². The topological polar surface area (TPSA) is 90.4 Å². The van der Waals surface area contributed by atoms with Crippen LogP contribution in [0.15, 0.2) is 18.2 Å². The fourth-order valence-corrected chi connectivity index (χ4v) is 2.19. The van der Waals surface area contributed by atoms with E-state index < -0.39 is 10.7 Å². The number of nitrogens with two attached hydrogens (primary N) is 1. The molecule has 2 rings (SSSR count). The first-order valence-corrected chi connectivity index (χ1v) is 6.10. The molecule has 7 heteroatoms. The average Bonchev–Trinajstić information content (AvgIpc) is 2.35. The number of nitrogens with zero attached hydrogens (tertiary/aromatic N) is 1. The molecular weight excluding hydrogens is 253 g/mol. The van der Waals surface area contributed by atoms with Gasteiger partial charge in [-0.2, -0.15) is 0 Å². The quantitative estimate of drug-likeness (QED) is 0.626. The van der Waals surface area contributed by atoms with Gasteiger partial charge in [0.2, 0.25) is 0 Å². The first kappa shape index (κ1) is 13.7. The number of hydrogen-bond acceptors (Lipinski definition) is 5. The van der Waals surface area contributed by atoms with Gasteiger partial charge in [-0.1, -0.05) is 0 Å². The fraction of sp³-hybridized carbons (Fsp3) is 0.500. The van der Waals surface area contributed by atoms with Gasteiger partial charge in [-0.05, 0) is 19.4 Å². The Balaban J connectivity index is 2.18. The largest absolute Gasteiger partial charge is 0.376 e. The second-order valence-corrected chi connectivity index (χ2v) is 4.48. The van der Waals surface area contributed by atoms with Gasteiger partial charge >= 0.3 is 0 Å². The lowest BCUT2D eigenvalue weighted by molar-refractivity contribution is -0.384. The molecule has 0 heterocycles. The number of benzene rings is 1. The Bertz CT molecular complexity index is 481. The number of nitrogens with one attached hydrogen (secondary N) is 1. The van der Waals surface area contributed by atoms with E-state index in [1.807, 2.05) is 6.92 Å². The summed E-state index contributed by atoms with van der Waals surface area (Å²) in [5, 5.41) is 13.8. The summed E-state index contributed by atoms with van der Waals surface area (Å²) < 4.78 is 18.7. The molecule has 0 bridgehead atoms. The lowest BCUT2D eigenvalue weighted by atomic mass is 9.83. The monoisotopic (exact) mass is 269 g/mol. The number of rotatable bonds is 5. The molecule has 0 aromatic heterocycles. The highest BCUT2D eigenvalue weighted by Crippen LogP contribution is 2.31. The van der Waals surface area contributed by atoms with Gasteiger partial charge in [0.15, 0.2) is 0 Å².